The van der Waals surface area contributed by atoms with E-state index in [2.05, 4.69) is 228 Å². The van der Waals surface area contributed by atoms with E-state index in [1.54, 1.807) is 66.8 Å². The van der Waals surface area contributed by atoms with Crippen molar-refractivity contribution in [3.63, 3.8) is 0 Å². The van der Waals surface area contributed by atoms with Crippen molar-refractivity contribution in [1.82, 2.24) is 9.13 Å². The zero-order valence-corrected chi connectivity index (χ0v) is 68.0. The standard InChI is InChI=1S/C27H30F6N2.C26H29F2N3.C20H25N3.C18H21N3/c1-15(2)18-8-10-22(34(6)13-18)24-17(5)25(23-11-9-19(16(3)4)14-35(23)7)21(27(31,32)33)12-20(24)26(28,29)30;1-15(2)18-9-11-20(30(7)13-18)22-17(5)23(25(28)26(29-6)24(22)27)21-12-10-19(16(3)4)14-31(21)8;1-14-13-15(2)19(20-22(5)11-12-23(20)6)16(3)18(14)17-9-7-8-10-21(17)4;1-14-15(17-10-5-6-11-19(17)2)8-7-9-16(14)18-20(3)12-13-21(18)4/h8-16H,1-7H3;9-16H,1-5,7-8H3;7-13H,1-6H3;5-13H,1-4H3/q4*+2. The van der Waals surface area contributed by atoms with Crippen molar-refractivity contribution in [3.8, 4) is 90.3 Å². The number of aryl methyl sites for hydroxylation is 12. The van der Waals surface area contributed by atoms with Gasteiger partial charge >= 0.3 is 12.4 Å². The molecule has 0 unspecified atom stereocenters. The average molecular weight is 1500 g/mol. The van der Waals surface area contributed by atoms with Gasteiger partial charge in [0.1, 0.15) is 78.7 Å². The minimum Gasteiger partial charge on any atom is -0.233 e. The summed E-state index contributed by atoms with van der Waals surface area (Å²) in [5, 5.41) is 0. The van der Waals surface area contributed by atoms with E-state index in [0.29, 0.717) is 28.8 Å². The summed E-state index contributed by atoms with van der Waals surface area (Å²) in [6.07, 6.45) is 9.97. The third-order valence-corrected chi connectivity index (χ3v) is 21.0. The van der Waals surface area contributed by atoms with E-state index < -0.39 is 40.8 Å². The number of hydrogen-bond acceptors (Lipinski definition) is 0. The third kappa shape index (κ3) is 17.1. The van der Waals surface area contributed by atoms with Gasteiger partial charge in [0, 0.05) is 76.3 Å². The average Bonchev–Trinajstić information content (AvgIpc) is 0.801. The maximum atomic E-state index is 15.4. The summed E-state index contributed by atoms with van der Waals surface area (Å²) in [6, 6.07) is 35.9. The van der Waals surface area contributed by atoms with Crippen LogP contribution in [0.1, 0.15) is 146 Å². The molecule has 0 atom stereocenters. The number of alkyl halides is 6. The quantitative estimate of drug-likeness (QED) is 0.0665. The Morgan fingerprint density at radius 3 is 1.03 bits per heavy atom. The highest BCUT2D eigenvalue weighted by molar-refractivity contribution is 5.82. The van der Waals surface area contributed by atoms with Crippen LogP contribution in [0.15, 0.2) is 177 Å². The van der Waals surface area contributed by atoms with Crippen molar-refractivity contribution in [3.05, 3.63) is 267 Å². The van der Waals surface area contributed by atoms with Crippen LogP contribution in [0.2, 0.25) is 0 Å². The lowest BCUT2D eigenvalue weighted by atomic mass is 9.87. The summed E-state index contributed by atoms with van der Waals surface area (Å²) in [4.78, 5) is 3.22. The molecule has 4 aromatic carbocycles. The smallest absolute Gasteiger partial charge is 0.233 e. The lowest BCUT2D eigenvalue weighted by molar-refractivity contribution is -0.661. The maximum absolute atomic E-state index is 15.4. The number of rotatable bonds is 12. The topological polar surface area (TPSA) is 45.3 Å². The van der Waals surface area contributed by atoms with Gasteiger partial charge in [-0.25, -0.2) is 59.3 Å². The van der Waals surface area contributed by atoms with Gasteiger partial charge in [-0.1, -0.05) is 67.5 Å². The number of pyridine rings is 6. The molecule has 110 heavy (non-hydrogen) atoms. The van der Waals surface area contributed by atoms with E-state index in [9.17, 15) is 26.3 Å². The number of benzene rings is 4. The first-order valence-corrected chi connectivity index (χ1v) is 37.0. The fraction of sp³-hybridized carbons (Fsp3) is 0.330. The van der Waals surface area contributed by atoms with E-state index in [-0.39, 0.29) is 57.1 Å². The minimum atomic E-state index is -4.98. The molecule has 0 N–H and O–H groups in total. The monoisotopic (exact) mass is 1500 g/mol. The Kier molecular flexibility index (Phi) is 25.4. The molecule has 11 nitrogen and oxygen atoms in total. The summed E-state index contributed by atoms with van der Waals surface area (Å²) >= 11 is 0. The number of aromatic nitrogens is 10. The Balaban J connectivity index is 0.000000172. The van der Waals surface area contributed by atoms with E-state index in [1.807, 2.05) is 87.6 Å². The van der Waals surface area contributed by atoms with Gasteiger partial charge in [0.05, 0.1) is 84.8 Å². The molecule has 0 radical (unpaired) electrons. The predicted molar refractivity (Wildman–Crippen MR) is 418 cm³/mol. The highest BCUT2D eigenvalue weighted by Gasteiger charge is 2.45. The van der Waals surface area contributed by atoms with Crippen LogP contribution in [-0.2, 0) is 82.8 Å². The second-order valence-corrected chi connectivity index (χ2v) is 30.2. The Labute approximate surface area is 644 Å². The normalized spacial score (nSPS) is 11.6. The fourth-order valence-electron chi connectivity index (χ4n) is 14.9. The summed E-state index contributed by atoms with van der Waals surface area (Å²) in [5.74, 6) is 1.75. The Bertz CT molecular complexity index is 5270. The van der Waals surface area contributed by atoms with Crippen molar-refractivity contribution in [2.75, 3.05) is 0 Å². The summed E-state index contributed by atoms with van der Waals surface area (Å²) in [7, 11) is 19.5. The Hall–Kier alpha value is -10.9. The van der Waals surface area contributed by atoms with Crippen LogP contribution < -0.4 is 36.5 Å². The summed E-state index contributed by atoms with van der Waals surface area (Å²) in [6.45, 7) is 35.5. The van der Waals surface area contributed by atoms with E-state index in [4.69, 9.17) is 6.57 Å². The Morgan fingerprint density at radius 2 is 0.682 bits per heavy atom. The number of nitrogens with zero attached hydrogens (tertiary/aromatic N) is 11. The third-order valence-electron chi connectivity index (χ3n) is 21.0. The van der Waals surface area contributed by atoms with Crippen LogP contribution in [0.25, 0.3) is 95.2 Å². The molecule has 0 spiro atoms. The van der Waals surface area contributed by atoms with E-state index in [1.165, 1.54) is 74.5 Å². The van der Waals surface area contributed by atoms with Crippen molar-refractivity contribution < 1.29 is 71.7 Å². The molecular weight excluding hydrogens is 1400 g/mol. The van der Waals surface area contributed by atoms with Gasteiger partial charge in [0.25, 0.3) is 17.3 Å². The highest BCUT2D eigenvalue weighted by Crippen LogP contribution is 2.48. The molecule has 0 fully saturated rings. The Morgan fingerprint density at radius 1 is 0.345 bits per heavy atom. The molecule has 0 aliphatic rings. The minimum absolute atomic E-state index is 0.0760. The van der Waals surface area contributed by atoms with Crippen LogP contribution in [0.4, 0.5) is 40.8 Å². The fourth-order valence-corrected chi connectivity index (χ4v) is 14.9. The molecule has 0 amide bonds. The highest BCUT2D eigenvalue weighted by atomic mass is 19.4. The maximum Gasteiger partial charge on any atom is 0.417 e. The van der Waals surface area contributed by atoms with Crippen LogP contribution in [0.5, 0.6) is 0 Å². The van der Waals surface area contributed by atoms with Gasteiger partial charge < -0.3 is 0 Å². The summed E-state index contributed by atoms with van der Waals surface area (Å²) < 4.78 is 136. The second-order valence-electron chi connectivity index (χ2n) is 30.2. The molecular formula is C91H105F8N11+8. The first kappa shape index (κ1) is 83.2. The van der Waals surface area contributed by atoms with Crippen LogP contribution >= 0.6 is 0 Å². The van der Waals surface area contributed by atoms with Crippen molar-refractivity contribution in [1.29, 1.82) is 0 Å². The van der Waals surface area contributed by atoms with Crippen molar-refractivity contribution in [2.24, 2.45) is 70.5 Å². The van der Waals surface area contributed by atoms with Gasteiger partial charge in [0.15, 0.2) is 37.2 Å². The lowest BCUT2D eigenvalue weighted by Gasteiger charge is -2.21. The van der Waals surface area contributed by atoms with Gasteiger partial charge in [-0.2, -0.15) is 26.3 Å². The van der Waals surface area contributed by atoms with Gasteiger partial charge in [-0.15, -0.1) is 0 Å². The van der Waals surface area contributed by atoms with E-state index >= 15 is 8.78 Å². The molecule has 0 saturated carbocycles. The molecule has 12 aromatic rings. The molecule has 0 aliphatic carbocycles. The van der Waals surface area contributed by atoms with Crippen LogP contribution in [0, 0.1) is 59.7 Å². The van der Waals surface area contributed by atoms with Crippen molar-refractivity contribution in [2.45, 2.75) is 133 Å². The summed E-state index contributed by atoms with van der Waals surface area (Å²) in [5.41, 5.74) is 15.8. The van der Waals surface area contributed by atoms with Gasteiger partial charge in [0.2, 0.25) is 34.2 Å². The van der Waals surface area contributed by atoms with Gasteiger partial charge in [-0.05, 0) is 153 Å². The molecule has 8 heterocycles. The van der Waals surface area contributed by atoms with Crippen molar-refractivity contribution >= 4 is 5.69 Å². The first-order chi connectivity index (χ1) is 51.6. The van der Waals surface area contributed by atoms with Gasteiger partial charge in [-0.3, -0.25) is 0 Å². The van der Waals surface area contributed by atoms with Crippen LogP contribution in [-0.4, -0.2) is 9.13 Å². The molecule has 0 bridgehead atoms. The zero-order chi connectivity index (χ0) is 81.2. The lowest BCUT2D eigenvalue weighted by Crippen LogP contribution is -2.34. The molecule has 0 aliphatic heterocycles. The number of halogens is 8. The van der Waals surface area contributed by atoms with E-state index in [0.717, 1.165) is 22.3 Å². The van der Waals surface area contributed by atoms with Crippen LogP contribution in [0.3, 0.4) is 0 Å². The largest absolute Gasteiger partial charge is 0.417 e. The zero-order valence-electron chi connectivity index (χ0n) is 68.0. The number of hydrogen-bond donors (Lipinski definition) is 0. The molecule has 8 aromatic heterocycles. The molecule has 572 valence electrons. The molecule has 0 saturated heterocycles. The predicted octanol–water partition coefficient (Wildman–Crippen LogP) is 18.6. The second kappa shape index (κ2) is 33.5. The molecule has 12 rings (SSSR count). The SMILES string of the molecule is Cc1c(-c2ccc(C(C)C)c[n+]2C)c(C(F)(F)F)cc(C(F)(F)F)c1-c1ccc(C(C)C)c[n+]1C.Cc1c(-c2cccc[n+]2C)cccc1-c1n(C)cc[n+]1C.Cc1cc(C)c(-c2n(C)cc[n+]2C)c(C)c1-c1cccc[n+]1C.[C-]#[N+]c1c(F)c(-c2ccc(C(C)C)c[n+]2C)c(C)c(-c2ccc(C(C)C)c[n+]2C)c1F. The molecule has 19 heteroatoms. The number of imidazole rings is 2. The first-order valence-electron chi connectivity index (χ1n) is 37.0.